The van der Waals surface area contributed by atoms with Crippen molar-refractivity contribution in [3.8, 4) is 10.6 Å². The van der Waals surface area contributed by atoms with Crippen LogP contribution in [0.25, 0.3) is 10.6 Å². The number of thiophene rings is 1. The topological polar surface area (TPSA) is 37.8 Å². The normalized spacial score (nSPS) is 19.3. The van der Waals surface area contributed by atoms with Crippen LogP contribution in [0, 0.1) is 5.92 Å². The molecule has 1 fully saturated rings. The van der Waals surface area contributed by atoms with E-state index in [1.165, 1.54) is 11.3 Å². The third-order valence-electron chi connectivity index (χ3n) is 3.16. The van der Waals surface area contributed by atoms with Crippen molar-refractivity contribution >= 4 is 27.3 Å². The number of rotatable bonds is 3. The Bertz CT molecular complexity index is 535. The summed E-state index contributed by atoms with van der Waals surface area (Å²) in [7, 11) is 0. The van der Waals surface area contributed by atoms with E-state index in [2.05, 4.69) is 42.7 Å². The molecule has 2 aromatic rings. The van der Waals surface area contributed by atoms with Gasteiger partial charge in [0.2, 0.25) is 0 Å². The largest absolute Gasteiger partial charge is 0.316 e. The van der Waals surface area contributed by atoms with Gasteiger partial charge in [0, 0.05) is 22.5 Å². The molecular weight excluding hydrogens is 310 g/mol. The molecule has 94 valence electrons. The highest BCUT2D eigenvalue weighted by Crippen LogP contribution is 2.28. The molecule has 0 saturated carbocycles. The zero-order chi connectivity index (χ0) is 12.4. The van der Waals surface area contributed by atoms with E-state index >= 15 is 0 Å². The van der Waals surface area contributed by atoms with Crippen LogP contribution in [0.15, 0.2) is 28.2 Å². The van der Waals surface area contributed by atoms with Crippen molar-refractivity contribution in [2.75, 3.05) is 13.1 Å². The van der Waals surface area contributed by atoms with E-state index in [1.54, 1.807) is 11.3 Å². The van der Waals surface area contributed by atoms with Gasteiger partial charge in [-0.15, -0.1) is 11.3 Å². The second-order valence-corrected chi connectivity index (χ2v) is 6.38. The van der Waals surface area contributed by atoms with Gasteiger partial charge in [-0.2, -0.15) is 0 Å². The lowest BCUT2D eigenvalue weighted by molar-refractivity contribution is 0.562. The Morgan fingerprint density at radius 3 is 3.17 bits per heavy atom. The van der Waals surface area contributed by atoms with E-state index in [-0.39, 0.29) is 0 Å². The Kier molecular flexibility index (Phi) is 3.72. The van der Waals surface area contributed by atoms with E-state index in [1.807, 2.05) is 12.3 Å². The SMILES string of the molecule is Brc1csc(-c2ccnc(CC3CCNC3)n2)c1. The van der Waals surface area contributed by atoms with Crippen LogP contribution in [0.1, 0.15) is 12.2 Å². The van der Waals surface area contributed by atoms with Gasteiger partial charge in [-0.1, -0.05) is 0 Å². The predicted octanol–water partition coefficient (Wildman–Crippen LogP) is 3.12. The van der Waals surface area contributed by atoms with Gasteiger partial charge in [0.1, 0.15) is 5.82 Å². The van der Waals surface area contributed by atoms with E-state index < -0.39 is 0 Å². The standard InChI is InChI=1S/C13H14BrN3S/c14-10-6-12(18-8-10)11-2-4-16-13(17-11)5-9-1-3-15-7-9/h2,4,6,8-9,15H,1,3,5,7H2. The first-order valence-electron chi connectivity index (χ1n) is 6.08. The first kappa shape index (κ1) is 12.3. The smallest absolute Gasteiger partial charge is 0.129 e. The molecule has 0 aliphatic carbocycles. The Hall–Kier alpha value is -0.780. The summed E-state index contributed by atoms with van der Waals surface area (Å²) in [6.45, 7) is 2.22. The zero-order valence-electron chi connectivity index (χ0n) is 9.90. The highest BCUT2D eigenvalue weighted by molar-refractivity contribution is 9.10. The van der Waals surface area contributed by atoms with Crippen molar-refractivity contribution in [1.82, 2.24) is 15.3 Å². The molecule has 3 rings (SSSR count). The number of aromatic nitrogens is 2. The highest BCUT2D eigenvalue weighted by atomic mass is 79.9. The van der Waals surface area contributed by atoms with Crippen LogP contribution in [-0.2, 0) is 6.42 Å². The van der Waals surface area contributed by atoms with Crippen LogP contribution >= 0.6 is 27.3 Å². The fourth-order valence-corrected chi connectivity index (χ4v) is 3.63. The first-order chi connectivity index (χ1) is 8.81. The molecule has 1 aliphatic heterocycles. The van der Waals surface area contributed by atoms with Gasteiger partial charge in [-0.25, -0.2) is 9.97 Å². The molecule has 1 saturated heterocycles. The van der Waals surface area contributed by atoms with Gasteiger partial charge in [-0.05, 0) is 53.5 Å². The van der Waals surface area contributed by atoms with Crippen molar-refractivity contribution in [2.45, 2.75) is 12.8 Å². The molecule has 0 aromatic carbocycles. The molecular formula is C13H14BrN3S. The molecule has 2 aromatic heterocycles. The Balaban J connectivity index is 1.80. The van der Waals surface area contributed by atoms with Crippen molar-refractivity contribution in [3.63, 3.8) is 0 Å². The number of hydrogen-bond acceptors (Lipinski definition) is 4. The number of nitrogens with one attached hydrogen (secondary N) is 1. The number of nitrogens with zero attached hydrogens (tertiary/aromatic N) is 2. The third kappa shape index (κ3) is 2.79. The van der Waals surface area contributed by atoms with Crippen molar-refractivity contribution in [1.29, 1.82) is 0 Å². The lowest BCUT2D eigenvalue weighted by atomic mass is 10.0. The highest BCUT2D eigenvalue weighted by Gasteiger charge is 2.16. The van der Waals surface area contributed by atoms with E-state index in [4.69, 9.17) is 0 Å². The Morgan fingerprint density at radius 2 is 2.44 bits per heavy atom. The molecule has 1 atom stereocenters. The van der Waals surface area contributed by atoms with Gasteiger partial charge >= 0.3 is 0 Å². The molecule has 0 amide bonds. The molecule has 0 radical (unpaired) electrons. The maximum absolute atomic E-state index is 4.67. The first-order valence-corrected chi connectivity index (χ1v) is 7.75. The summed E-state index contributed by atoms with van der Waals surface area (Å²) >= 11 is 5.18. The third-order valence-corrected chi connectivity index (χ3v) is 4.87. The molecule has 3 nitrogen and oxygen atoms in total. The summed E-state index contributed by atoms with van der Waals surface area (Å²) in [5, 5.41) is 5.46. The second kappa shape index (κ2) is 5.47. The summed E-state index contributed by atoms with van der Waals surface area (Å²) in [6.07, 6.45) is 4.08. The predicted molar refractivity (Wildman–Crippen MR) is 77.7 cm³/mol. The molecule has 18 heavy (non-hydrogen) atoms. The maximum Gasteiger partial charge on any atom is 0.129 e. The minimum atomic E-state index is 0.690. The molecule has 0 bridgehead atoms. The van der Waals surface area contributed by atoms with Crippen molar-refractivity contribution in [2.24, 2.45) is 5.92 Å². The molecule has 5 heteroatoms. The summed E-state index contributed by atoms with van der Waals surface area (Å²) < 4.78 is 1.11. The molecule has 1 aliphatic rings. The minimum absolute atomic E-state index is 0.690. The summed E-state index contributed by atoms with van der Waals surface area (Å²) in [4.78, 5) is 10.2. The van der Waals surface area contributed by atoms with Gasteiger partial charge < -0.3 is 5.32 Å². The maximum atomic E-state index is 4.67. The molecule has 1 N–H and O–H groups in total. The number of halogens is 1. The van der Waals surface area contributed by atoms with E-state index in [0.29, 0.717) is 5.92 Å². The van der Waals surface area contributed by atoms with Crippen LogP contribution in [0.4, 0.5) is 0 Å². The minimum Gasteiger partial charge on any atom is -0.316 e. The average molecular weight is 324 g/mol. The fourth-order valence-electron chi connectivity index (χ4n) is 2.23. The quantitative estimate of drug-likeness (QED) is 0.943. The molecule has 1 unspecified atom stereocenters. The van der Waals surface area contributed by atoms with Crippen molar-refractivity contribution in [3.05, 3.63) is 34.0 Å². The van der Waals surface area contributed by atoms with E-state index in [9.17, 15) is 0 Å². The summed E-state index contributed by atoms with van der Waals surface area (Å²) in [5.41, 5.74) is 1.03. The fraction of sp³-hybridized carbons (Fsp3) is 0.385. The van der Waals surface area contributed by atoms with Crippen LogP contribution in [0.5, 0.6) is 0 Å². The molecule has 3 heterocycles. The zero-order valence-corrected chi connectivity index (χ0v) is 12.3. The lowest BCUT2D eigenvalue weighted by Gasteiger charge is -2.07. The van der Waals surface area contributed by atoms with Gasteiger partial charge in [0.05, 0.1) is 10.6 Å². The summed E-state index contributed by atoms with van der Waals surface area (Å²) in [6, 6.07) is 4.09. The molecule has 0 spiro atoms. The Labute approximate surface area is 119 Å². The summed E-state index contributed by atoms with van der Waals surface area (Å²) in [5.74, 6) is 1.65. The van der Waals surface area contributed by atoms with Crippen molar-refractivity contribution < 1.29 is 0 Å². The lowest BCUT2D eigenvalue weighted by Crippen LogP contribution is -2.12. The van der Waals surface area contributed by atoms with Crippen LogP contribution in [0.2, 0.25) is 0 Å². The van der Waals surface area contributed by atoms with Gasteiger partial charge in [0.15, 0.2) is 0 Å². The van der Waals surface area contributed by atoms with E-state index in [0.717, 1.165) is 35.5 Å². The monoisotopic (exact) mass is 323 g/mol. The number of hydrogen-bond donors (Lipinski definition) is 1. The average Bonchev–Trinajstić information content (AvgIpc) is 3.01. The van der Waals surface area contributed by atoms with Crippen LogP contribution < -0.4 is 5.32 Å². The Morgan fingerprint density at radius 1 is 1.50 bits per heavy atom. The van der Waals surface area contributed by atoms with Gasteiger partial charge in [-0.3, -0.25) is 0 Å². The van der Waals surface area contributed by atoms with Crippen LogP contribution in [0.3, 0.4) is 0 Å². The van der Waals surface area contributed by atoms with Gasteiger partial charge in [0.25, 0.3) is 0 Å². The van der Waals surface area contributed by atoms with Crippen LogP contribution in [-0.4, -0.2) is 23.1 Å². The second-order valence-electron chi connectivity index (χ2n) is 4.55.